The Hall–Kier alpha value is -1.81. The van der Waals surface area contributed by atoms with Gasteiger partial charge in [0.05, 0.1) is 11.6 Å². The third kappa shape index (κ3) is 1.43. The summed E-state index contributed by atoms with van der Waals surface area (Å²) < 4.78 is 0. The van der Waals surface area contributed by atoms with E-state index in [-0.39, 0.29) is 0 Å². The van der Waals surface area contributed by atoms with Gasteiger partial charge in [0.2, 0.25) is 0 Å². The highest BCUT2D eigenvalue weighted by Gasteiger charge is 1.97. The first-order valence-corrected chi connectivity index (χ1v) is 3.61. The second-order valence-electron chi connectivity index (χ2n) is 2.37. The summed E-state index contributed by atoms with van der Waals surface area (Å²) in [5.41, 5.74) is 2.46. The molecular formula is C11H9N. The largest absolute Gasteiger partial charge is 0.192 e. The van der Waals surface area contributed by atoms with Crippen LogP contribution in [0.15, 0.2) is 31.4 Å². The molecule has 1 rings (SSSR count). The molecule has 0 aliphatic heterocycles. The zero-order chi connectivity index (χ0) is 8.97. The van der Waals surface area contributed by atoms with Crippen molar-refractivity contribution in [1.82, 2.24) is 0 Å². The van der Waals surface area contributed by atoms with Crippen LogP contribution in [0.5, 0.6) is 0 Å². The average Bonchev–Trinajstić information content (AvgIpc) is 2.16. The molecule has 0 saturated heterocycles. The molecule has 0 atom stereocenters. The molecule has 12 heavy (non-hydrogen) atoms. The first kappa shape index (κ1) is 8.29. The topological polar surface area (TPSA) is 23.8 Å². The molecule has 1 aromatic rings. The maximum atomic E-state index is 8.74. The van der Waals surface area contributed by atoms with Crippen molar-refractivity contribution in [3.63, 3.8) is 0 Å². The second-order valence-corrected chi connectivity index (χ2v) is 2.37. The fourth-order valence-electron chi connectivity index (χ4n) is 0.976. The van der Waals surface area contributed by atoms with Crippen molar-refractivity contribution >= 4 is 12.2 Å². The Morgan fingerprint density at radius 2 is 2.00 bits per heavy atom. The van der Waals surface area contributed by atoms with Gasteiger partial charge in [-0.2, -0.15) is 5.26 Å². The summed E-state index contributed by atoms with van der Waals surface area (Å²) in [5, 5.41) is 8.74. The standard InChI is InChI=1S/C11H9N/c1-3-9-5-6-10(4-2)11(7-9)8-12/h3-7H,1-2H2. The Morgan fingerprint density at radius 1 is 1.25 bits per heavy atom. The lowest BCUT2D eigenvalue weighted by molar-refractivity contribution is 1.47. The lowest BCUT2D eigenvalue weighted by Gasteiger charge is -1.98. The van der Waals surface area contributed by atoms with E-state index in [1.54, 1.807) is 18.2 Å². The van der Waals surface area contributed by atoms with Crippen LogP contribution in [0.1, 0.15) is 16.7 Å². The summed E-state index contributed by atoms with van der Waals surface area (Å²) in [6.45, 7) is 7.24. The number of rotatable bonds is 2. The predicted octanol–water partition coefficient (Wildman–Crippen LogP) is 2.84. The molecule has 0 aliphatic carbocycles. The summed E-state index contributed by atoms with van der Waals surface area (Å²) in [5.74, 6) is 0. The molecule has 0 aromatic heterocycles. The number of nitrogens with zero attached hydrogens (tertiary/aromatic N) is 1. The van der Waals surface area contributed by atoms with Crippen molar-refractivity contribution in [1.29, 1.82) is 5.26 Å². The maximum absolute atomic E-state index is 8.74. The molecule has 1 aromatic carbocycles. The highest BCUT2D eigenvalue weighted by molar-refractivity contribution is 5.61. The summed E-state index contributed by atoms with van der Waals surface area (Å²) in [6, 6.07) is 7.67. The lowest BCUT2D eigenvalue weighted by Crippen LogP contribution is -1.82. The molecular weight excluding hydrogens is 146 g/mol. The normalized spacial score (nSPS) is 8.58. The molecule has 0 bridgehead atoms. The maximum Gasteiger partial charge on any atom is 0.0998 e. The van der Waals surface area contributed by atoms with Crippen molar-refractivity contribution in [2.75, 3.05) is 0 Å². The van der Waals surface area contributed by atoms with E-state index < -0.39 is 0 Å². The Bertz CT molecular complexity index is 356. The van der Waals surface area contributed by atoms with E-state index in [4.69, 9.17) is 5.26 Å². The molecule has 1 nitrogen and oxygen atoms in total. The SMILES string of the molecule is C=Cc1ccc(C=C)c(C#N)c1. The molecule has 0 radical (unpaired) electrons. The van der Waals surface area contributed by atoms with E-state index in [0.717, 1.165) is 11.1 Å². The van der Waals surface area contributed by atoms with Crippen LogP contribution in [-0.2, 0) is 0 Å². The van der Waals surface area contributed by atoms with Crippen LogP contribution in [0.4, 0.5) is 0 Å². The fourth-order valence-corrected chi connectivity index (χ4v) is 0.976. The third-order valence-electron chi connectivity index (χ3n) is 1.65. The van der Waals surface area contributed by atoms with Gasteiger partial charge in [-0.05, 0) is 17.2 Å². The highest BCUT2D eigenvalue weighted by atomic mass is 14.2. The number of hydrogen-bond acceptors (Lipinski definition) is 1. The van der Waals surface area contributed by atoms with E-state index in [1.165, 1.54) is 0 Å². The quantitative estimate of drug-likeness (QED) is 0.644. The van der Waals surface area contributed by atoms with Crippen molar-refractivity contribution in [2.45, 2.75) is 0 Å². The van der Waals surface area contributed by atoms with Gasteiger partial charge in [0.15, 0.2) is 0 Å². The van der Waals surface area contributed by atoms with Crippen LogP contribution < -0.4 is 0 Å². The zero-order valence-electron chi connectivity index (χ0n) is 6.75. The summed E-state index contributed by atoms with van der Waals surface area (Å²) >= 11 is 0. The summed E-state index contributed by atoms with van der Waals surface area (Å²) in [6.07, 6.45) is 3.39. The molecule has 0 unspecified atom stereocenters. The van der Waals surface area contributed by atoms with E-state index in [1.807, 2.05) is 12.1 Å². The van der Waals surface area contributed by atoms with E-state index in [9.17, 15) is 0 Å². The van der Waals surface area contributed by atoms with Crippen molar-refractivity contribution < 1.29 is 0 Å². The minimum absolute atomic E-state index is 0.641. The molecule has 0 amide bonds. The number of hydrogen-bond donors (Lipinski definition) is 0. The minimum Gasteiger partial charge on any atom is -0.192 e. The average molecular weight is 155 g/mol. The van der Waals surface area contributed by atoms with Crippen LogP contribution >= 0.6 is 0 Å². The van der Waals surface area contributed by atoms with E-state index in [0.29, 0.717) is 5.56 Å². The molecule has 0 fully saturated rings. The van der Waals surface area contributed by atoms with Gasteiger partial charge in [0.25, 0.3) is 0 Å². The molecule has 0 aliphatic rings. The lowest BCUT2D eigenvalue weighted by atomic mass is 10.1. The predicted molar refractivity (Wildman–Crippen MR) is 51.3 cm³/mol. The van der Waals surface area contributed by atoms with Crippen LogP contribution in [0, 0.1) is 11.3 Å². The smallest absolute Gasteiger partial charge is 0.0998 e. The van der Waals surface area contributed by atoms with Gasteiger partial charge in [-0.3, -0.25) is 0 Å². The Labute approximate surface area is 72.3 Å². The number of benzene rings is 1. The second kappa shape index (κ2) is 3.54. The molecule has 0 heterocycles. The Morgan fingerprint density at radius 3 is 2.50 bits per heavy atom. The Kier molecular flexibility index (Phi) is 2.45. The molecule has 0 spiro atoms. The first-order valence-electron chi connectivity index (χ1n) is 3.61. The fraction of sp³-hybridized carbons (Fsp3) is 0. The summed E-state index contributed by atoms with van der Waals surface area (Å²) in [7, 11) is 0. The molecule has 0 saturated carbocycles. The van der Waals surface area contributed by atoms with Gasteiger partial charge in [-0.25, -0.2) is 0 Å². The van der Waals surface area contributed by atoms with Gasteiger partial charge >= 0.3 is 0 Å². The van der Waals surface area contributed by atoms with Gasteiger partial charge < -0.3 is 0 Å². The van der Waals surface area contributed by atoms with Crippen LogP contribution in [0.2, 0.25) is 0 Å². The van der Waals surface area contributed by atoms with Gasteiger partial charge in [-0.1, -0.05) is 37.4 Å². The molecule has 0 N–H and O–H groups in total. The van der Waals surface area contributed by atoms with Crippen molar-refractivity contribution in [2.24, 2.45) is 0 Å². The molecule has 1 heteroatoms. The van der Waals surface area contributed by atoms with Gasteiger partial charge in [0.1, 0.15) is 0 Å². The third-order valence-corrected chi connectivity index (χ3v) is 1.65. The summed E-state index contributed by atoms with van der Waals surface area (Å²) in [4.78, 5) is 0. The highest BCUT2D eigenvalue weighted by Crippen LogP contribution is 2.12. The van der Waals surface area contributed by atoms with Crippen LogP contribution in [0.25, 0.3) is 12.2 Å². The van der Waals surface area contributed by atoms with E-state index >= 15 is 0 Å². The Balaban J connectivity index is 3.30. The van der Waals surface area contributed by atoms with Gasteiger partial charge in [-0.15, -0.1) is 0 Å². The zero-order valence-corrected chi connectivity index (χ0v) is 6.75. The first-order chi connectivity index (χ1) is 5.81. The monoisotopic (exact) mass is 155 g/mol. The van der Waals surface area contributed by atoms with Crippen LogP contribution in [0.3, 0.4) is 0 Å². The number of nitriles is 1. The van der Waals surface area contributed by atoms with E-state index in [2.05, 4.69) is 19.2 Å². The molecule has 58 valence electrons. The van der Waals surface area contributed by atoms with Crippen molar-refractivity contribution in [3.8, 4) is 6.07 Å². The van der Waals surface area contributed by atoms with Gasteiger partial charge in [0, 0.05) is 0 Å². The van der Waals surface area contributed by atoms with Crippen molar-refractivity contribution in [3.05, 3.63) is 48.0 Å². The van der Waals surface area contributed by atoms with Crippen LogP contribution in [-0.4, -0.2) is 0 Å². The minimum atomic E-state index is 0.641.